The number of nitrogens with two attached hydrogens (primary N) is 1. The fourth-order valence-corrected chi connectivity index (χ4v) is 1.05. The molecular weight excluding hydrogens is 201 g/mol. The quantitative estimate of drug-likeness (QED) is 0.737. The number of hydrogen-bond acceptors (Lipinski definition) is 3. The standard InChI is InChI=1S/C10H10FNO3/c1-15-9-3-2-7(11)4-6(9)5-8(12)10(13)14/h2-5H,12H2,1H3,(H,13,14)/b8-5+. The zero-order valence-corrected chi connectivity index (χ0v) is 8.03. The molecule has 3 N–H and O–H groups in total. The Kier molecular flexibility index (Phi) is 3.28. The Labute approximate surface area is 85.8 Å². The van der Waals surface area contributed by atoms with E-state index in [0.29, 0.717) is 5.75 Å². The minimum Gasteiger partial charge on any atom is -0.496 e. The third kappa shape index (κ3) is 2.70. The molecule has 0 aliphatic rings. The summed E-state index contributed by atoms with van der Waals surface area (Å²) in [7, 11) is 1.40. The molecule has 0 heterocycles. The summed E-state index contributed by atoms with van der Waals surface area (Å²) in [4.78, 5) is 10.5. The number of halogens is 1. The molecule has 1 aromatic rings. The van der Waals surface area contributed by atoms with Gasteiger partial charge in [0.05, 0.1) is 7.11 Å². The van der Waals surface area contributed by atoms with Crippen molar-refractivity contribution in [2.75, 3.05) is 7.11 Å². The zero-order valence-electron chi connectivity index (χ0n) is 8.03. The third-order valence-corrected chi connectivity index (χ3v) is 1.75. The molecule has 0 spiro atoms. The van der Waals surface area contributed by atoms with Gasteiger partial charge in [-0.3, -0.25) is 0 Å². The van der Waals surface area contributed by atoms with Gasteiger partial charge < -0.3 is 15.6 Å². The van der Waals surface area contributed by atoms with Crippen LogP contribution in [0.5, 0.6) is 5.75 Å². The predicted molar refractivity (Wildman–Crippen MR) is 52.8 cm³/mol. The maximum Gasteiger partial charge on any atom is 0.351 e. The minimum absolute atomic E-state index is 0.289. The maximum atomic E-state index is 12.9. The van der Waals surface area contributed by atoms with Gasteiger partial charge in [0.2, 0.25) is 0 Å². The van der Waals surface area contributed by atoms with E-state index in [1.807, 2.05) is 0 Å². The molecule has 0 fully saturated rings. The molecule has 0 bridgehead atoms. The molecule has 0 aromatic heterocycles. The van der Waals surface area contributed by atoms with E-state index in [1.54, 1.807) is 0 Å². The molecular formula is C10H10FNO3. The fraction of sp³-hybridized carbons (Fsp3) is 0.100. The number of rotatable bonds is 3. The number of carboxylic acids is 1. The molecule has 0 aliphatic carbocycles. The SMILES string of the molecule is COc1ccc(F)cc1/C=C(/N)C(=O)O. The first-order chi connectivity index (χ1) is 7.04. The zero-order chi connectivity index (χ0) is 11.4. The highest BCUT2D eigenvalue weighted by Crippen LogP contribution is 2.21. The van der Waals surface area contributed by atoms with E-state index in [1.165, 1.54) is 19.2 Å². The average Bonchev–Trinajstić information content (AvgIpc) is 2.18. The van der Waals surface area contributed by atoms with Crippen molar-refractivity contribution in [2.45, 2.75) is 0 Å². The summed E-state index contributed by atoms with van der Waals surface area (Å²) >= 11 is 0. The van der Waals surface area contributed by atoms with Crippen LogP contribution in [0.3, 0.4) is 0 Å². The van der Waals surface area contributed by atoms with Crippen molar-refractivity contribution in [2.24, 2.45) is 5.73 Å². The highest BCUT2D eigenvalue weighted by molar-refractivity contribution is 5.91. The van der Waals surface area contributed by atoms with Gasteiger partial charge >= 0.3 is 5.97 Å². The van der Waals surface area contributed by atoms with Crippen LogP contribution >= 0.6 is 0 Å². The van der Waals surface area contributed by atoms with Crippen LogP contribution in [-0.2, 0) is 4.79 Å². The van der Waals surface area contributed by atoms with Gasteiger partial charge in [0.1, 0.15) is 17.3 Å². The van der Waals surface area contributed by atoms with Crippen LogP contribution in [0.4, 0.5) is 4.39 Å². The van der Waals surface area contributed by atoms with Gasteiger partial charge in [-0.15, -0.1) is 0 Å². The summed E-state index contributed by atoms with van der Waals surface area (Å²) in [6, 6.07) is 3.76. The van der Waals surface area contributed by atoms with Crippen molar-refractivity contribution in [3.8, 4) is 5.75 Å². The monoisotopic (exact) mass is 211 g/mol. The number of carboxylic acid groups (broad SMARTS) is 1. The Bertz CT molecular complexity index is 415. The normalized spacial score (nSPS) is 11.2. The Hall–Kier alpha value is -2.04. The van der Waals surface area contributed by atoms with Gasteiger partial charge in [-0.25, -0.2) is 9.18 Å². The highest BCUT2D eigenvalue weighted by atomic mass is 19.1. The molecule has 80 valence electrons. The number of hydrogen-bond donors (Lipinski definition) is 2. The molecule has 15 heavy (non-hydrogen) atoms. The summed E-state index contributed by atoms with van der Waals surface area (Å²) in [5.74, 6) is -1.39. The lowest BCUT2D eigenvalue weighted by Crippen LogP contribution is -2.09. The lowest BCUT2D eigenvalue weighted by atomic mass is 10.1. The minimum atomic E-state index is -1.26. The number of methoxy groups -OCH3 is 1. The van der Waals surface area contributed by atoms with Crippen LogP contribution in [0.1, 0.15) is 5.56 Å². The molecule has 0 radical (unpaired) electrons. The largest absolute Gasteiger partial charge is 0.496 e. The van der Waals surface area contributed by atoms with Crippen LogP contribution in [0, 0.1) is 5.82 Å². The van der Waals surface area contributed by atoms with Crippen LogP contribution in [0.15, 0.2) is 23.9 Å². The molecule has 1 aromatic carbocycles. The summed E-state index contributed by atoms with van der Waals surface area (Å²) in [6.45, 7) is 0. The van der Waals surface area contributed by atoms with Gasteiger partial charge in [-0.1, -0.05) is 0 Å². The van der Waals surface area contributed by atoms with Crippen LogP contribution in [0.2, 0.25) is 0 Å². The number of carbonyl (C=O) groups is 1. The first kappa shape index (κ1) is 11.0. The molecule has 0 saturated heterocycles. The van der Waals surface area contributed by atoms with Crippen molar-refractivity contribution in [3.05, 3.63) is 35.3 Å². The molecule has 4 nitrogen and oxygen atoms in total. The molecule has 0 amide bonds. The molecule has 0 saturated carbocycles. The Morgan fingerprint density at radius 3 is 2.80 bits per heavy atom. The van der Waals surface area contributed by atoms with Crippen molar-refractivity contribution < 1.29 is 19.0 Å². The van der Waals surface area contributed by atoms with E-state index in [-0.39, 0.29) is 11.3 Å². The lowest BCUT2D eigenvalue weighted by molar-refractivity contribution is -0.132. The highest BCUT2D eigenvalue weighted by Gasteiger charge is 2.06. The van der Waals surface area contributed by atoms with Crippen molar-refractivity contribution >= 4 is 12.0 Å². The first-order valence-corrected chi connectivity index (χ1v) is 4.08. The van der Waals surface area contributed by atoms with Gasteiger partial charge in [0, 0.05) is 5.56 Å². The molecule has 5 heteroatoms. The van der Waals surface area contributed by atoms with Crippen LogP contribution < -0.4 is 10.5 Å². The van der Waals surface area contributed by atoms with Crippen molar-refractivity contribution in [1.82, 2.24) is 0 Å². The second-order valence-corrected chi connectivity index (χ2v) is 2.79. The molecule has 0 atom stereocenters. The van der Waals surface area contributed by atoms with E-state index in [0.717, 1.165) is 12.1 Å². The van der Waals surface area contributed by atoms with E-state index in [9.17, 15) is 9.18 Å². The van der Waals surface area contributed by atoms with E-state index < -0.39 is 11.8 Å². The Morgan fingerprint density at radius 2 is 2.27 bits per heavy atom. The predicted octanol–water partition coefficient (Wildman–Crippen LogP) is 1.22. The molecule has 0 aliphatic heterocycles. The summed E-state index contributed by atoms with van der Waals surface area (Å²) in [5.41, 5.74) is 5.12. The number of aliphatic carboxylic acids is 1. The van der Waals surface area contributed by atoms with Gasteiger partial charge in [-0.05, 0) is 24.3 Å². The van der Waals surface area contributed by atoms with Gasteiger partial charge in [0.15, 0.2) is 0 Å². The average molecular weight is 211 g/mol. The Balaban J connectivity index is 3.18. The van der Waals surface area contributed by atoms with Crippen molar-refractivity contribution in [1.29, 1.82) is 0 Å². The maximum absolute atomic E-state index is 12.9. The van der Waals surface area contributed by atoms with Gasteiger partial charge in [0.25, 0.3) is 0 Å². The smallest absolute Gasteiger partial charge is 0.351 e. The van der Waals surface area contributed by atoms with Crippen molar-refractivity contribution in [3.63, 3.8) is 0 Å². The number of benzene rings is 1. The molecule has 0 unspecified atom stereocenters. The van der Waals surface area contributed by atoms with E-state index >= 15 is 0 Å². The summed E-state index contributed by atoms with van der Waals surface area (Å²) < 4.78 is 17.8. The van der Waals surface area contributed by atoms with Crippen LogP contribution in [-0.4, -0.2) is 18.2 Å². The summed E-state index contributed by atoms with van der Waals surface area (Å²) in [5, 5.41) is 8.55. The second-order valence-electron chi connectivity index (χ2n) is 2.79. The topological polar surface area (TPSA) is 72.5 Å². The van der Waals surface area contributed by atoms with Crippen LogP contribution in [0.25, 0.3) is 6.08 Å². The number of ether oxygens (including phenoxy) is 1. The van der Waals surface area contributed by atoms with Gasteiger partial charge in [-0.2, -0.15) is 0 Å². The molecule has 1 rings (SSSR count). The summed E-state index contributed by atoms with van der Waals surface area (Å²) in [6.07, 6.45) is 1.14. The second kappa shape index (κ2) is 4.45. The third-order valence-electron chi connectivity index (χ3n) is 1.75. The Morgan fingerprint density at radius 1 is 1.60 bits per heavy atom. The van der Waals surface area contributed by atoms with E-state index in [2.05, 4.69) is 0 Å². The lowest BCUT2D eigenvalue weighted by Gasteiger charge is -2.04. The fourth-order valence-electron chi connectivity index (χ4n) is 1.05. The first-order valence-electron chi connectivity index (χ1n) is 4.08. The van der Waals surface area contributed by atoms with E-state index in [4.69, 9.17) is 15.6 Å².